The third-order valence-electron chi connectivity index (χ3n) is 2.84. The van der Waals surface area contributed by atoms with Crippen molar-refractivity contribution in [1.29, 1.82) is 0 Å². The third-order valence-corrected chi connectivity index (χ3v) is 3.84. The molecule has 21 heavy (non-hydrogen) atoms. The van der Waals surface area contributed by atoms with Crippen molar-refractivity contribution in [2.45, 2.75) is 10.9 Å². The number of thioether (sulfide) groups is 1. The van der Waals surface area contributed by atoms with Gasteiger partial charge in [-0.3, -0.25) is 4.98 Å². The van der Waals surface area contributed by atoms with Crippen LogP contribution in [0.15, 0.2) is 53.9 Å². The lowest BCUT2D eigenvalue weighted by molar-refractivity contribution is 0.410. The second-order valence-corrected chi connectivity index (χ2v) is 5.14. The fourth-order valence-corrected chi connectivity index (χ4v) is 2.67. The summed E-state index contributed by atoms with van der Waals surface area (Å²) in [5, 5.41) is 12.6. The molecule has 6 nitrogen and oxygen atoms in total. The summed E-state index contributed by atoms with van der Waals surface area (Å²) in [6.45, 7) is 0. The minimum atomic E-state index is 0.711. The Morgan fingerprint density at radius 3 is 2.90 bits per heavy atom. The Morgan fingerprint density at radius 2 is 2.10 bits per heavy atom. The van der Waals surface area contributed by atoms with E-state index in [0.717, 1.165) is 22.8 Å². The summed E-state index contributed by atoms with van der Waals surface area (Å²) in [6.07, 6.45) is 3.59. The summed E-state index contributed by atoms with van der Waals surface area (Å²) >= 11 is 1.55. The zero-order chi connectivity index (χ0) is 14.5. The summed E-state index contributed by atoms with van der Waals surface area (Å²) < 4.78 is 7.03. The van der Waals surface area contributed by atoms with E-state index in [-0.39, 0.29) is 0 Å². The van der Waals surface area contributed by atoms with E-state index in [4.69, 9.17) is 4.74 Å². The molecule has 3 aromatic rings. The molecule has 1 aromatic carbocycles. The van der Waals surface area contributed by atoms with Crippen LogP contribution < -0.4 is 4.74 Å². The largest absolute Gasteiger partial charge is 0.494 e. The number of benzene rings is 1. The van der Waals surface area contributed by atoms with Crippen LogP contribution in [0, 0.1) is 0 Å². The molecule has 0 saturated carbocycles. The second-order valence-electron chi connectivity index (χ2n) is 4.20. The van der Waals surface area contributed by atoms with Crippen molar-refractivity contribution >= 4 is 11.8 Å². The van der Waals surface area contributed by atoms with Gasteiger partial charge in [-0.25, -0.2) is 0 Å². The lowest BCUT2D eigenvalue weighted by Crippen LogP contribution is -2.01. The zero-order valence-corrected chi connectivity index (χ0v) is 12.2. The number of aromatic nitrogens is 5. The van der Waals surface area contributed by atoms with Crippen LogP contribution in [0.5, 0.6) is 5.75 Å². The molecule has 7 heteroatoms. The van der Waals surface area contributed by atoms with E-state index in [9.17, 15) is 0 Å². The molecule has 0 aliphatic rings. The van der Waals surface area contributed by atoms with Gasteiger partial charge in [0.15, 0.2) is 0 Å². The summed E-state index contributed by atoms with van der Waals surface area (Å²) in [6, 6.07) is 11.6. The van der Waals surface area contributed by atoms with Crippen molar-refractivity contribution in [3.8, 4) is 11.4 Å². The standard InChI is InChI=1S/C14H13N5OS/c1-20-13-7-3-2-6-12(13)19-14(16-17-18-19)21-10-11-5-4-8-15-9-11/h2-9H,10H2,1H3. The maximum Gasteiger partial charge on any atom is 0.214 e. The molecule has 0 N–H and O–H groups in total. The number of hydrogen-bond donors (Lipinski definition) is 0. The van der Waals surface area contributed by atoms with E-state index < -0.39 is 0 Å². The maximum atomic E-state index is 5.35. The average Bonchev–Trinajstić information content (AvgIpc) is 3.02. The Balaban J connectivity index is 1.84. The fourth-order valence-electron chi connectivity index (χ4n) is 1.86. The first-order chi connectivity index (χ1) is 10.4. The van der Waals surface area contributed by atoms with Crippen LogP contribution in [-0.4, -0.2) is 32.3 Å². The highest BCUT2D eigenvalue weighted by Crippen LogP contribution is 2.26. The lowest BCUT2D eigenvalue weighted by Gasteiger charge is -2.08. The number of hydrogen-bond acceptors (Lipinski definition) is 6. The van der Waals surface area contributed by atoms with Gasteiger partial charge >= 0.3 is 0 Å². The van der Waals surface area contributed by atoms with Gasteiger partial charge in [-0.15, -0.1) is 5.10 Å². The van der Waals surface area contributed by atoms with Crippen molar-refractivity contribution in [3.63, 3.8) is 0 Å². The molecule has 0 atom stereocenters. The van der Waals surface area contributed by atoms with Gasteiger partial charge < -0.3 is 4.74 Å². The molecular formula is C14H13N5OS. The molecule has 3 rings (SSSR count). The normalized spacial score (nSPS) is 10.5. The second kappa shape index (κ2) is 6.36. The molecule has 2 aromatic heterocycles. The van der Waals surface area contributed by atoms with Crippen molar-refractivity contribution in [1.82, 2.24) is 25.2 Å². The van der Waals surface area contributed by atoms with Crippen LogP contribution >= 0.6 is 11.8 Å². The van der Waals surface area contributed by atoms with Crippen molar-refractivity contribution in [2.24, 2.45) is 0 Å². The maximum absolute atomic E-state index is 5.35. The van der Waals surface area contributed by atoms with Gasteiger partial charge in [0.05, 0.1) is 7.11 Å². The van der Waals surface area contributed by atoms with Crippen LogP contribution in [0.25, 0.3) is 5.69 Å². The highest BCUT2D eigenvalue weighted by molar-refractivity contribution is 7.98. The van der Waals surface area contributed by atoms with Crippen LogP contribution in [0.4, 0.5) is 0 Å². The van der Waals surface area contributed by atoms with Gasteiger partial charge in [-0.1, -0.05) is 30.0 Å². The van der Waals surface area contributed by atoms with Gasteiger partial charge in [-0.05, 0) is 34.2 Å². The molecule has 0 aliphatic heterocycles. The third kappa shape index (κ3) is 3.03. The van der Waals surface area contributed by atoms with E-state index >= 15 is 0 Å². The first-order valence-electron chi connectivity index (χ1n) is 6.32. The van der Waals surface area contributed by atoms with Crippen molar-refractivity contribution in [2.75, 3.05) is 7.11 Å². The first kappa shape index (κ1) is 13.6. The number of para-hydroxylation sites is 2. The predicted molar refractivity (Wildman–Crippen MR) is 79.5 cm³/mol. The molecule has 2 heterocycles. The van der Waals surface area contributed by atoms with Crippen LogP contribution in [0.3, 0.4) is 0 Å². The Bertz CT molecular complexity index is 716. The number of methoxy groups -OCH3 is 1. The summed E-state index contributed by atoms with van der Waals surface area (Å²) in [5.41, 5.74) is 1.94. The first-order valence-corrected chi connectivity index (χ1v) is 7.30. The summed E-state index contributed by atoms with van der Waals surface area (Å²) in [7, 11) is 1.63. The van der Waals surface area contributed by atoms with Gasteiger partial charge in [0.2, 0.25) is 5.16 Å². The number of nitrogens with zero attached hydrogens (tertiary/aromatic N) is 5. The molecule has 0 fully saturated rings. The van der Waals surface area contributed by atoms with Crippen LogP contribution in [-0.2, 0) is 5.75 Å². The zero-order valence-electron chi connectivity index (χ0n) is 11.4. The highest BCUT2D eigenvalue weighted by Gasteiger charge is 2.12. The smallest absolute Gasteiger partial charge is 0.214 e. The molecule has 0 saturated heterocycles. The van der Waals surface area contributed by atoms with E-state index in [1.165, 1.54) is 0 Å². The highest BCUT2D eigenvalue weighted by atomic mass is 32.2. The number of ether oxygens (including phenoxy) is 1. The van der Waals surface area contributed by atoms with E-state index in [0.29, 0.717) is 5.16 Å². The SMILES string of the molecule is COc1ccccc1-n1nnnc1SCc1cccnc1. The quantitative estimate of drug-likeness (QED) is 0.674. The topological polar surface area (TPSA) is 65.7 Å². The van der Waals surface area contributed by atoms with Crippen LogP contribution in [0.2, 0.25) is 0 Å². The molecule has 0 radical (unpaired) electrons. The molecule has 106 valence electrons. The lowest BCUT2D eigenvalue weighted by atomic mass is 10.3. The Hall–Kier alpha value is -2.41. The molecule has 0 spiro atoms. The monoisotopic (exact) mass is 299 g/mol. The number of tetrazole rings is 1. The van der Waals surface area contributed by atoms with Gasteiger partial charge in [0.25, 0.3) is 0 Å². The van der Waals surface area contributed by atoms with Gasteiger partial charge in [0, 0.05) is 18.1 Å². The Labute approximate surface area is 126 Å². The van der Waals surface area contributed by atoms with E-state index in [1.54, 1.807) is 29.8 Å². The minimum Gasteiger partial charge on any atom is -0.494 e. The summed E-state index contributed by atoms with van der Waals surface area (Å²) in [4.78, 5) is 4.10. The predicted octanol–water partition coefficient (Wildman–Crippen LogP) is 2.36. The molecule has 0 aliphatic carbocycles. The Morgan fingerprint density at radius 1 is 1.19 bits per heavy atom. The fraction of sp³-hybridized carbons (Fsp3) is 0.143. The van der Waals surface area contributed by atoms with Crippen LogP contribution in [0.1, 0.15) is 5.56 Å². The number of pyridine rings is 1. The summed E-state index contributed by atoms with van der Waals surface area (Å²) in [5.74, 6) is 1.48. The molecule has 0 amide bonds. The van der Waals surface area contributed by atoms with Gasteiger partial charge in [-0.2, -0.15) is 4.68 Å². The molecule has 0 unspecified atom stereocenters. The molecular weight excluding hydrogens is 286 g/mol. The van der Waals surface area contributed by atoms with Gasteiger partial charge in [0.1, 0.15) is 11.4 Å². The Kier molecular flexibility index (Phi) is 4.11. The molecule has 0 bridgehead atoms. The average molecular weight is 299 g/mol. The van der Waals surface area contributed by atoms with Crippen molar-refractivity contribution < 1.29 is 4.74 Å². The van der Waals surface area contributed by atoms with E-state index in [2.05, 4.69) is 20.5 Å². The number of rotatable bonds is 5. The van der Waals surface area contributed by atoms with E-state index in [1.807, 2.05) is 42.6 Å². The van der Waals surface area contributed by atoms with Crippen molar-refractivity contribution in [3.05, 3.63) is 54.4 Å². The minimum absolute atomic E-state index is 0.711.